The molecule has 0 unspecified atom stereocenters. The highest BCUT2D eigenvalue weighted by atomic mass is 16.3. The van der Waals surface area contributed by atoms with Gasteiger partial charge >= 0.3 is 0 Å². The van der Waals surface area contributed by atoms with Crippen LogP contribution in [0, 0.1) is 0 Å². The van der Waals surface area contributed by atoms with E-state index in [1.54, 1.807) is 0 Å². The summed E-state index contributed by atoms with van der Waals surface area (Å²) in [5.74, 6) is 2.95. The van der Waals surface area contributed by atoms with E-state index in [1.165, 1.54) is 0 Å². The Morgan fingerprint density at radius 2 is 1.15 bits per heavy atom. The van der Waals surface area contributed by atoms with Crippen molar-refractivity contribution in [3.8, 4) is 51.0 Å². The lowest BCUT2D eigenvalue weighted by molar-refractivity contribution is 0.668. The Balaban J connectivity index is 1.09. The fourth-order valence-electron chi connectivity index (χ4n) is 7.29. The molecule has 0 bridgehead atoms. The zero-order valence-corrected chi connectivity index (χ0v) is 28.4. The molecule has 246 valence electrons. The second-order valence-electron chi connectivity index (χ2n) is 13.0. The van der Waals surface area contributed by atoms with Gasteiger partial charge in [0.2, 0.25) is 0 Å². The molecule has 0 aliphatic heterocycles. The van der Waals surface area contributed by atoms with Crippen LogP contribution in [-0.2, 0) is 6.42 Å². The van der Waals surface area contributed by atoms with Crippen molar-refractivity contribution in [2.75, 3.05) is 0 Å². The second kappa shape index (κ2) is 12.1. The number of hydrogen-bond donors (Lipinski definition) is 0. The van der Waals surface area contributed by atoms with Crippen LogP contribution in [0.2, 0.25) is 0 Å². The molecule has 6 nitrogen and oxygen atoms in total. The molecule has 6 heteroatoms. The van der Waals surface area contributed by atoms with E-state index in [0.717, 1.165) is 89.5 Å². The van der Waals surface area contributed by atoms with Crippen molar-refractivity contribution in [2.24, 2.45) is 0 Å². The van der Waals surface area contributed by atoms with Crippen molar-refractivity contribution >= 4 is 43.7 Å². The maximum atomic E-state index is 6.54. The lowest BCUT2D eigenvalue weighted by Crippen LogP contribution is -2.00. The number of aryl methyl sites for hydroxylation is 1. The number of aromatic nitrogens is 5. The number of imidazole rings is 1. The van der Waals surface area contributed by atoms with Crippen molar-refractivity contribution in [3.63, 3.8) is 0 Å². The van der Waals surface area contributed by atoms with E-state index >= 15 is 0 Å². The Hall–Kier alpha value is -6.92. The van der Waals surface area contributed by atoms with Crippen LogP contribution in [0.5, 0.6) is 0 Å². The van der Waals surface area contributed by atoms with E-state index in [1.807, 2.05) is 66.7 Å². The minimum absolute atomic E-state index is 0.635. The standard InChI is InChI=1S/C46H31N5O/c1-2-42-47-38-17-9-10-18-39(38)51(42)35-24-25-37-41(28-35)52-40-19-11-16-36(43(37)40)32-22-20-29-21-23-33(27-34(29)26-32)46-49-44(30-12-5-3-6-13-30)48-45(50-46)31-14-7-4-8-15-31/h3-28H,2H2,1H3. The normalized spacial score (nSPS) is 11.6. The number of para-hydroxylation sites is 2. The fourth-order valence-corrected chi connectivity index (χ4v) is 7.29. The van der Waals surface area contributed by atoms with E-state index in [9.17, 15) is 0 Å². The van der Waals surface area contributed by atoms with Crippen LogP contribution in [0.25, 0.3) is 94.7 Å². The zero-order valence-electron chi connectivity index (χ0n) is 28.4. The summed E-state index contributed by atoms with van der Waals surface area (Å²) in [6.07, 6.45) is 0.830. The van der Waals surface area contributed by atoms with Gasteiger partial charge in [-0.25, -0.2) is 19.9 Å². The summed E-state index contributed by atoms with van der Waals surface area (Å²) in [6.45, 7) is 2.14. The first-order valence-corrected chi connectivity index (χ1v) is 17.5. The summed E-state index contributed by atoms with van der Waals surface area (Å²) in [6, 6.07) is 54.3. The Morgan fingerprint density at radius 3 is 1.88 bits per heavy atom. The van der Waals surface area contributed by atoms with Gasteiger partial charge in [0.25, 0.3) is 0 Å². The van der Waals surface area contributed by atoms with Gasteiger partial charge in [-0.1, -0.05) is 116 Å². The monoisotopic (exact) mass is 669 g/mol. The van der Waals surface area contributed by atoms with Crippen LogP contribution < -0.4 is 0 Å². The molecule has 52 heavy (non-hydrogen) atoms. The van der Waals surface area contributed by atoms with Gasteiger partial charge in [-0.15, -0.1) is 0 Å². The highest BCUT2D eigenvalue weighted by molar-refractivity contribution is 6.13. The molecule has 10 aromatic rings. The highest BCUT2D eigenvalue weighted by Gasteiger charge is 2.17. The Bertz CT molecular complexity index is 2890. The molecule has 0 N–H and O–H groups in total. The first-order valence-electron chi connectivity index (χ1n) is 17.5. The molecule has 10 rings (SSSR count). The SMILES string of the molecule is CCc1nc2ccccc2n1-c1ccc2c(c1)oc1cccc(-c3ccc4ccc(-c5nc(-c6ccccc6)nc(-c6ccccc6)n5)cc4c3)c12. The molecule has 0 saturated carbocycles. The molecular weight excluding hydrogens is 639 g/mol. The van der Waals surface area contributed by atoms with Gasteiger partial charge in [-0.3, -0.25) is 4.57 Å². The lowest BCUT2D eigenvalue weighted by atomic mass is 9.96. The van der Waals surface area contributed by atoms with Gasteiger partial charge in [0.05, 0.1) is 16.7 Å². The maximum absolute atomic E-state index is 6.54. The van der Waals surface area contributed by atoms with Crippen LogP contribution in [0.1, 0.15) is 12.7 Å². The maximum Gasteiger partial charge on any atom is 0.164 e. The topological polar surface area (TPSA) is 69.6 Å². The molecule has 0 aliphatic carbocycles. The summed E-state index contributed by atoms with van der Waals surface area (Å²) in [7, 11) is 0. The van der Waals surface area contributed by atoms with Gasteiger partial charge in [-0.05, 0) is 64.4 Å². The third-order valence-corrected chi connectivity index (χ3v) is 9.79. The summed E-state index contributed by atoms with van der Waals surface area (Å²) in [5.41, 5.74) is 9.90. The van der Waals surface area contributed by atoms with Gasteiger partial charge in [0.1, 0.15) is 17.0 Å². The summed E-state index contributed by atoms with van der Waals surface area (Å²) in [4.78, 5) is 19.7. The van der Waals surface area contributed by atoms with E-state index in [2.05, 4.69) is 102 Å². The van der Waals surface area contributed by atoms with Gasteiger partial charge in [0, 0.05) is 39.9 Å². The molecule has 3 aromatic heterocycles. The molecule has 0 saturated heterocycles. The minimum atomic E-state index is 0.635. The number of rotatable bonds is 6. The first-order chi connectivity index (χ1) is 25.7. The molecule has 0 amide bonds. The smallest absolute Gasteiger partial charge is 0.164 e. The number of furan rings is 1. The van der Waals surface area contributed by atoms with E-state index in [-0.39, 0.29) is 0 Å². The predicted molar refractivity (Wildman–Crippen MR) is 210 cm³/mol. The van der Waals surface area contributed by atoms with Crippen molar-refractivity contribution in [1.82, 2.24) is 24.5 Å². The van der Waals surface area contributed by atoms with Crippen LogP contribution in [0.15, 0.2) is 162 Å². The quantitative estimate of drug-likeness (QED) is 0.176. The van der Waals surface area contributed by atoms with Crippen LogP contribution >= 0.6 is 0 Å². The predicted octanol–water partition coefficient (Wildman–Crippen LogP) is 11.5. The minimum Gasteiger partial charge on any atom is -0.456 e. The molecule has 0 spiro atoms. The molecule has 0 aliphatic rings. The average molecular weight is 670 g/mol. The summed E-state index contributed by atoms with van der Waals surface area (Å²) >= 11 is 0. The largest absolute Gasteiger partial charge is 0.456 e. The lowest BCUT2D eigenvalue weighted by Gasteiger charge is -2.10. The fraction of sp³-hybridized carbons (Fsp3) is 0.0435. The first kappa shape index (κ1) is 29.9. The third kappa shape index (κ3) is 5.04. The molecular formula is C46H31N5O. The number of nitrogens with zero attached hydrogens (tertiary/aromatic N) is 5. The van der Waals surface area contributed by atoms with Crippen molar-refractivity contribution in [1.29, 1.82) is 0 Å². The number of benzene rings is 7. The van der Waals surface area contributed by atoms with Crippen LogP contribution in [-0.4, -0.2) is 24.5 Å². The Kier molecular flexibility index (Phi) is 6.99. The Morgan fingerprint density at radius 1 is 0.500 bits per heavy atom. The van der Waals surface area contributed by atoms with Crippen LogP contribution in [0.4, 0.5) is 0 Å². The van der Waals surface area contributed by atoms with Gasteiger partial charge in [-0.2, -0.15) is 0 Å². The van der Waals surface area contributed by atoms with Crippen molar-refractivity contribution in [2.45, 2.75) is 13.3 Å². The zero-order chi connectivity index (χ0) is 34.6. The number of hydrogen-bond acceptors (Lipinski definition) is 5. The third-order valence-electron chi connectivity index (χ3n) is 9.79. The Labute approximate surface area is 299 Å². The van der Waals surface area contributed by atoms with Gasteiger partial charge < -0.3 is 4.42 Å². The van der Waals surface area contributed by atoms with E-state index in [4.69, 9.17) is 24.4 Å². The molecule has 7 aromatic carbocycles. The summed E-state index contributed by atoms with van der Waals surface area (Å²) < 4.78 is 8.78. The molecule has 3 heterocycles. The number of fused-ring (bicyclic) bond motifs is 5. The molecule has 0 fully saturated rings. The molecule has 0 radical (unpaired) electrons. The summed E-state index contributed by atoms with van der Waals surface area (Å²) in [5, 5.41) is 4.42. The van der Waals surface area contributed by atoms with Gasteiger partial charge in [0.15, 0.2) is 17.5 Å². The highest BCUT2D eigenvalue weighted by Crippen LogP contribution is 2.39. The average Bonchev–Trinajstić information content (AvgIpc) is 3.79. The van der Waals surface area contributed by atoms with E-state index < -0.39 is 0 Å². The van der Waals surface area contributed by atoms with Crippen molar-refractivity contribution in [3.05, 3.63) is 164 Å². The van der Waals surface area contributed by atoms with E-state index in [0.29, 0.717) is 17.5 Å². The molecule has 0 atom stereocenters. The van der Waals surface area contributed by atoms with Crippen molar-refractivity contribution < 1.29 is 4.42 Å². The second-order valence-corrected chi connectivity index (χ2v) is 13.0. The van der Waals surface area contributed by atoms with Crippen LogP contribution in [0.3, 0.4) is 0 Å².